The molecule has 0 aliphatic carbocycles. The predicted molar refractivity (Wildman–Crippen MR) is 64.4 cm³/mol. The van der Waals surface area contributed by atoms with Crippen LogP contribution in [0.15, 0.2) is 43.0 Å². The highest BCUT2D eigenvalue weighted by atomic mass is 19.1. The Morgan fingerprint density at radius 2 is 2.11 bits per heavy atom. The minimum absolute atomic E-state index is 0.227. The first-order valence-corrected chi connectivity index (χ1v) is 5.99. The Hall–Kier alpha value is -1.68. The van der Waals surface area contributed by atoms with Crippen molar-refractivity contribution >= 4 is 5.91 Å². The number of hydrogen-bond donors (Lipinski definition) is 0. The Bertz CT molecular complexity index is 476. The molecule has 0 spiro atoms. The molecule has 0 N–H and O–H groups in total. The third-order valence-electron chi connectivity index (χ3n) is 3.66. The standard InChI is InChI=1S/C14H14FNO2/c1-2-10-11-8-18-14(9-6-4-3-5-7-9)16(11)13(17)12(10)15/h2-7,10-12,14H,1,8H2. The van der Waals surface area contributed by atoms with Crippen molar-refractivity contribution in [3.63, 3.8) is 0 Å². The van der Waals surface area contributed by atoms with Gasteiger partial charge in [0.25, 0.3) is 5.91 Å². The normalized spacial score (nSPS) is 34.7. The summed E-state index contributed by atoms with van der Waals surface area (Å²) in [7, 11) is 0. The summed E-state index contributed by atoms with van der Waals surface area (Å²) in [6.45, 7) is 3.97. The summed E-state index contributed by atoms with van der Waals surface area (Å²) in [5, 5.41) is 0. The van der Waals surface area contributed by atoms with Crippen molar-refractivity contribution in [2.75, 3.05) is 6.61 Å². The third kappa shape index (κ3) is 1.49. The average Bonchev–Trinajstić information content (AvgIpc) is 2.92. The number of fused-ring (bicyclic) bond motifs is 1. The van der Waals surface area contributed by atoms with Crippen LogP contribution in [0.4, 0.5) is 4.39 Å². The van der Waals surface area contributed by atoms with Gasteiger partial charge in [-0.15, -0.1) is 6.58 Å². The van der Waals surface area contributed by atoms with Crippen LogP contribution in [0, 0.1) is 5.92 Å². The summed E-state index contributed by atoms with van der Waals surface area (Å²) < 4.78 is 19.5. The van der Waals surface area contributed by atoms with Crippen LogP contribution in [0.5, 0.6) is 0 Å². The molecule has 4 atom stereocenters. The van der Waals surface area contributed by atoms with Crippen molar-refractivity contribution in [3.8, 4) is 0 Å². The molecule has 2 aliphatic heterocycles. The lowest BCUT2D eigenvalue weighted by atomic mass is 10.0. The van der Waals surface area contributed by atoms with Crippen LogP contribution < -0.4 is 0 Å². The number of halogens is 1. The Balaban J connectivity index is 1.94. The first kappa shape index (κ1) is 11.4. The second-order valence-electron chi connectivity index (χ2n) is 4.62. The van der Waals surface area contributed by atoms with E-state index in [1.165, 1.54) is 11.0 Å². The fourth-order valence-corrected chi connectivity index (χ4v) is 2.75. The molecule has 2 aliphatic rings. The molecule has 94 valence electrons. The maximum Gasteiger partial charge on any atom is 0.260 e. The summed E-state index contributed by atoms with van der Waals surface area (Å²) in [6, 6.07) is 9.19. The minimum atomic E-state index is -1.48. The number of ether oxygens (including phenoxy) is 1. The van der Waals surface area contributed by atoms with Gasteiger partial charge in [0.15, 0.2) is 12.4 Å². The van der Waals surface area contributed by atoms with E-state index < -0.39 is 24.2 Å². The van der Waals surface area contributed by atoms with E-state index in [-0.39, 0.29) is 6.04 Å². The molecule has 18 heavy (non-hydrogen) atoms. The van der Waals surface area contributed by atoms with Crippen LogP contribution in [0.2, 0.25) is 0 Å². The lowest BCUT2D eigenvalue weighted by Crippen LogP contribution is -2.32. The van der Waals surface area contributed by atoms with Gasteiger partial charge in [0, 0.05) is 11.5 Å². The molecular formula is C14H14FNO2. The SMILES string of the molecule is C=CC1C(F)C(=O)N2C(c3ccccc3)OCC12. The molecular weight excluding hydrogens is 233 g/mol. The molecule has 0 bridgehead atoms. The van der Waals surface area contributed by atoms with Crippen molar-refractivity contribution in [2.24, 2.45) is 5.92 Å². The number of carbonyl (C=O) groups is 1. The zero-order valence-corrected chi connectivity index (χ0v) is 9.83. The second kappa shape index (κ2) is 4.21. The fourth-order valence-electron chi connectivity index (χ4n) is 2.75. The number of alkyl halides is 1. The quantitative estimate of drug-likeness (QED) is 0.749. The highest BCUT2D eigenvalue weighted by Crippen LogP contribution is 2.41. The lowest BCUT2D eigenvalue weighted by molar-refractivity contribution is -0.138. The largest absolute Gasteiger partial charge is 0.352 e. The molecule has 2 heterocycles. The molecule has 4 heteroatoms. The van der Waals surface area contributed by atoms with E-state index in [2.05, 4.69) is 6.58 Å². The van der Waals surface area contributed by atoms with E-state index in [1.54, 1.807) is 0 Å². The van der Waals surface area contributed by atoms with Gasteiger partial charge in [-0.3, -0.25) is 4.79 Å². The Kier molecular flexibility index (Phi) is 2.67. The molecule has 1 amide bonds. The number of hydrogen-bond acceptors (Lipinski definition) is 2. The van der Waals surface area contributed by atoms with Gasteiger partial charge in [0.05, 0.1) is 12.6 Å². The van der Waals surface area contributed by atoms with Gasteiger partial charge in [-0.25, -0.2) is 4.39 Å². The van der Waals surface area contributed by atoms with Gasteiger partial charge < -0.3 is 9.64 Å². The van der Waals surface area contributed by atoms with Crippen LogP contribution in [0.25, 0.3) is 0 Å². The minimum Gasteiger partial charge on any atom is -0.352 e. The smallest absolute Gasteiger partial charge is 0.260 e. The molecule has 2 saturated heterocycles. The zero-order chi connectivity index (χ0) is 12.7. The van der Waals surface area contributed by atoms with Crippen molar-refractivity contribution in [1.29, 1.82) is 0 Å². The summed E-state index contributed by atoms with van der Waals surface area (Å²) in [4.78, 5) is 13.5. The van der Waals surface area contributed by atoms with Crippen molar-refractivity contribution in [2.45, 2.75) is 18.4 Å². The Morgan fingerprint density at radius 3 is 2.78 bits per heavy atom. The van der Waals surface area contributed by atoms with Crippen molar-refractivity contribution < 1.29 is 13.9 Å². The van der Waals surface area contributed by atoms with Crippen LogP contribution in [-0.2, 0) is 9.53 Å². The van der Waals surface area contributed by atoms with Gasteiger partial charge in [-0.1, -0.05) is 36.4 Å². The van der Waals surface area contributed by atoms with Gasteiger partial charge in [0.2, 0.25) is 0 Å². The predicted octanol–water partition coefficient (Wildman–Crippen LogP) is 2.07. The topological polar surface area (TPSA) is 29.5 Å². The molecule has 1 aromatic carbocycles. The summed E-state index contributed by atoms with van der Waals surface area (Å²) in [6.07, 6.45) is -0.432. The fraction of sp³-hybridized carbons (Fsp3) is 0.357. The van der Waals surface area contributed by atoms with E-state index in [1.807, 2.05) is 30.3 Å². The van der Waals surface area contributed by atoms with E-state index in [9.17, 15) is 9.18 Å². The molecule has 1 aromatic rings. The summed E-state index contributed by atoms with van der Waals surface area (Å²) in [5.74, 6) is -0.956. The molecule has 3 nitrogen and oxygen atoms in total. The van der Waals surface area contributed by atoms with E-state index in [0.717, 1.165) is 5.56 Å². The zero-order valence-electron chi connectivity index (χ0n) is 9.83. The highest BCUT2D eigenvalue weighted by Gasteiger charge is 2.53. The second-order valence-corrected chi connectivity index (χ2v) is 4.62. The van der Waals surface area contributed by atoms with E-state index in [0.29, 0.717) is 6.61 Å². The van der Waals surface area contributed by atoms with Gasteiger partial charge in [-0.2, -0.15) is 0 Å². The summed E-state index contributed by atoms with van der Waals surface area (Å²) in [5.41, 5.74) is 0.880. The van der Waals surface area contributed by atoms with Gasteiger partial charge >= 0.3 is 0 Å². The highest BCUT2D eigenvalue weighted by molar-refractivity contribution is 5.85. The van der Waals surface area contributed by atoms with Crippen LogP contribution in [0.1, 0.15) is 11.8 Å². The lowest BCUT2D eigenvalue weighted by Gasteiger charge is -2.22. The van der Waals surface area contributed by atoms with Crippen LogP contribution in [-0.4, -0.2) is 29.6 Å². The van der Waals surface area contributed by atoms with Gasteiger partial charge in [0.1, 0.15) is 0 Å². The molecule has 0 aromatic heterocycles. The number of carbonyl (C=O) groups excluding carboxylic acids is 1. The Morgan fingerprint density at radius 1 is 1.39 bits per heavy atom. The maximum absolute atomic E-state index is 13.9. The average molecular weight is 247 g/mol. The van der Waals surface area contributed by atoms with Crippen LogP contribution >= 0.6 is 0 Å². The van der Waals surface area contributed by atoms with E-state index in [4.69, 9.17) is 4.74 Å². The van der Waals surface area contributed by atoms with Crippen LogP contribution in [0.3, 0.4) is 0 Å². The number of amides is 1. The molecule has 4 unspecified atom stereocenters. The number of rotatable bonds is 2. The first-order chi connectivity index (χ1) is 8.74. The molecule has 0 radical (unpaired) electrons. The molecule has 3 rings (SSSR count). The maximum atomic E-state index is 13.9. The number of benzene rings is 1. The molecule has 0 saturated carbocycles. The number of nitrogens with zero attached hydrogens (tertiary/aromatic N) is 1. The van der Waals surface area contributed by atoms with E-state index >= 15 is 0 Å². The van der Waals surface area contributed by atoms with Crippen molar-refractivity contribution in [1.82, 2.24) is 4.90 Å². The third-order valence-corrected chi connectivity index (χ3v) is 3.66. The van der Waals surface area contributed by atoms with Gasteiger partial charge in [-0.05, 0) is 0 Å². The van der Waals surface area contributed by atoms with Crippen molar-refractivity contribution in [3.05, 3.63) is 48.6 Å². The summed E-state index contributed by atoms with van der Waals surface area (Å²) >= 11 is 0. The monoisotopic (exact) mass is 247 g/mol. The molecule has 2 fully saturated rings. The Labute approximate surface area is 105 Å². The first-order valence-electron chi connectivity index (χ1n) is 5.99.